The Morgan fingerprint density at radius 1 is 1.41 bits per heavy atom. The Kier molecular flexibility index (Phi) is 6.01. The predicted molar refractivity (Wildman–Crippen MR) is 69.0 cm³/mol. The highest BCUT2D eigenvalue weighted by atomic mass is 35.5. The summed E-state index contributed by atoms with van der Waals surface area (Å²) in [5, 5.41) is 3.97. The van der Waals surface area contributed by atoms with Gasteiger partial charge in [-0.1, -0.05) is 30.7 Å². The number of ether oxygens (including phenoxy) is 1. The molecule has 0 fully saturated rings. The first-order valence-electron chi connectivity index (χ1n) is 5.70. The maximum atomic E-state index is 11.4. The van der Waals surface area contributed by atoms with Crippen molar-refractivity contribution in [3.63, 3.8) is 0 Å². The molecule has 1 unspecified atom stereocenters. The Labute approximate surface area is 107 Å². The first-order chi connectivity index (χ1) is 8.17. The Morgan fingerprint density at radius 3 is 2.59 bits per heavy atom. The maximum absolute atomic E-state index is 11.4. The standard InChI is InChI=1S/C13H18ClNO2/c1-3-11(13(16)17-2)9-15-8-10-4-6-12(14)7-5-10/h4-7,11,15H,3,8-9H2,1-2H3. The third-order valence-corrected chi connectivity index (χ3v) is 2.91. The van der Waals surface area contributed by atoms with Crippen LogP contribution in [-0.4, -0.2) is 19.6 Å². The number of hydrogen-bond donors (Lipinski definition) is 1. The largest absolute Gasteiger partial charge is 0.469 e. The number of rotatable bonds is 6. The van der Waals surface area contributed by atoms with E-state index in [1.165, 1.54) is 7.11 Å². The van der Waals surface area contributed by atoms with Crippen molar-refractivity contribution in [1.29, 1.82) is 0 Å². The monoisotopic (exact) mass is 255 g/mol. The Bertz CT molecular complexity index is 351. The molecule has 1 atom stereocenters. The van der Waals surface area contributed by atoms with E-state index >= 15 is 0 Å². The molecule has 0 saturated carbocycles. The average molecular weight is 256 g/mol. The summed E-state index contributed by atoms with van der Waals surface area (Å²) in [6.45, 7) is 3.34. The van der Waals surface area contributed by atoms with Crippen molar-refractivity contribution in [2.24, 2.45) is 5.92 Å². The van der Waals surface area contributed by atoms with Gasteiger partial charge in [0.15, 0.2) is 0 Å². The van der Waals surface area contributed by atoms with E-state index in [1.54, 1.807) is 0 Å². The van der Waals surface area contributed by atoms with Crippen LogP contribution in [0.2, 0.25) is 5.02 Å². The quantitative estimate of drug-likeness (QED) is 0.795. The Hall–Kier alpha value is -1.06. The summed E-state index contributed by atoms with van der Waals surface area (Å²) in [7, 11) is 1.42. The molecule has 0 spiro atoms. The zero-order valence-corrected chi connectivity index (χ0v) is 11.0. The van der Waals surface area contributed by atoms with Gasteiger partial charge < -0.3 is 10.1 Å². The van der Waals surface area contributed by atoms with Gasteiger partial charge in [-0.05, 0) is 24.1 Å². The van der Waals surface area contributed by atoms with Crippen LogP contribution in [0.15, 0.2) is 24.3 Å². The summed E-state index contributed by atoms with van der Waals surface area (Å²) in [5.41, 5.74) is 1.15. The molecule has 0 aliphatic rings. The first-order valence-corrected chi connectivity index (χ1v) is 6.08. The van der Waals surface area contributed by atoms with E-state index in [1.807, 2.05) is 31.2 Å². The molecule has 0 aliphatic heterocycles. The van der Waals surface area contributed by atoms with E-state index < -0.39 is 0 Å². The molecule has 17 heavy (non-hydrogen) atoms. The average Bonchev–Trinajstić information content (AvgIpc) is 2.36. The molecule has 1 aromatic rings. The van der Waals surface area contributed by atoms with Crippen molar-refractivity contribution >= 4 is 17.6 Å². The van der Waals surface area contributed by atoms with Gasteiger partial charge in [0.05, 0.1) is 13.0 Å². The highest BCUT2D eigenvalue weighted by Crippen LogP contribution is 2.09. The molecule has 0 aromatic heterocycles. The molecule has 1 aromatic carbocycles. The molecule has 4 heteroatoms. The third-order valence-electron chi connectivity index (χ3n) is 2.66. The number of carbonyl (C=O) groups excluding carboxylic acids is 1. The number of esters is 1. The highest BCUT2D eigenvalue weighted by molar-refractivity contribution is 6.30. The van der Waals surface area contributed by atoms with Gasteiger partial charge in [-0.15, -0.1) is 0 Å². The number of hydrogen-bond acceptors (Lipinski definition) is 3. The smallest absolute Gasteiger partial charge is 0.309 e. The van der Waals surface area contributed by atoms with Gasteiger partial charge >= 0.3 is 5.97 Å². The van der Waals surface area contributed by atoms with Crippen LogP contribution in [0, 0.1) is 5.92 Å². The van der Waals surface area contributed by atoms with Gasteiger partial charge in [0.1, 0.15) is 0 Å². The fourth-order valence-electron chi connectivity index (χ4n) is 1.55. The summed E-state index contributed by atoms with van der Waals surface area (Å²) < 4.78 is 4.73. The Morgan fingerprint density at radius 2 is 2.06 bits per heavy atom. The van der Waals surface area contributed by atoms with Crippen molar-refractivity contribution in [3.8, 4) is 0 Å². The molecule has 0 bridgehead atoms. The zero-order chi connectivity index (χ0) is 12.7. The molecular weight excluding hydrogens is 238 g/mol. The maximum Gasteiger partial charge on any atom is 0.309 e. The van der Waals surface area contributed by atoms with Gasteiger partial charge in [-0.3, -0.25) is 4.79 Å². The van der Waals surface area contributed by atoms with E-state index in [-0.39, 0.29) is 11.9 Å². The normalized spacial score (nSPS) is 12.2. The van der Waals surface area contributed by atoms with Gasteiger partial charge in [0.2, 0.25) is 0 Å². The molecule has 0 amide bonds. The van der Waals surface area contributed by atoms with E-state index in [4.69, 9.17) is 16.3 Å². The van der Waals surface area contributed by atoms with Crippen LogP contribution in [0.25, 0.3) is 0 Å². The molecular formula is C13H18ClNO2. The van der Waals surface area contributed by atoms with Gasteiger partial charge in [0, 0.05) is 18.1 Å². The van der Waals surface area contributed by atoms with Gasteiger partial charge in [0.25, 0.3) is 0 Å². The topological polar surface area (TPSA) is 38.3 Å². The molecule has 1 N–H and O–H groups in total. The van der Waals surface area contributed by atoms with Gasteiger partial charge in [-0.25, -0.2) is 0 Å². The van der Waals surface area contributed by atoms with Crippen LogP contribution < -0.4 is 5.32 Å². The SMILES string of the molecule is CCC(CNCc1ccc(Cl)cc1)C(=O)OC. The Balaban J connectivity index is 2.36. The van der Waals surface area contributed by atoms with Crippen molar-refractivity contribution in [2.45, 2.75) is 19.9 Å². The predicted octanol–water partition coefficient (Wildman–Crippen LogP) is 2.63. The second kappa shape index (κ2) is 7.30. The summed E-state index contributed by atoms with van der Waals surface area (Å²) in [5.74, 6) is -0.233. The van der Waals surface area contributed by atoms with Crippen LogP contribution in [0.1, 0.15) is 18.9 Å². The minimum atomic E-state index is -0.156. The molecule has 0 saturated heterocycles. The van der Waals surface area contributed by atoms with E-state index in [0.717, 1.165) is 23.6 Å². The summed E-state index contributed by atoms with van der Waals surface area (Å²) in [6.07, 6.45) is 0.778. The lowest BCUT2D eigenvalue weighted by Crippen LogP contribution is -2.28. The third kappa shape index (κ3) is 4.75. The van der Waals surface area contributed by atoms with Crippen LogP contribution in [0.3, 0.4) is 0 Å². The molecule has 1 rings (SSSR count). The second-order valence-corrected chi connectivity index (χ2v) is 4.32. The minimum absolute atomic E-state index is 0.0766. The van der Waals surface area contributed by atoms with E-state index in [9.17, 15) is 4.79 Å². The zero-order valence-electron chi connectivity index (χ0n) is 10.2. The number of benzene rings is 1. The van der Waals surface area contributed by atoms with E-state index in [0.29, 0.717) is 6.54 Å². The molecule has 0 aliphatic carbocycles. The van der Waals surface area contributed by atoms with Crippen molar-refractivity contribution in [2.75, 3.05) is 13.7 Å². The fourth-order valence-corrected chi connectivity index (χ4v) is 1.68. The minimum Gasteiger partial charge on any atom is -0.469 e. The summed E-state index contributed by atoms with van der Waals surface area (Å²) >= 11 is 5.80. The first kappa shape index (κ1) is 14.0. The lowest BCUT2D eigenvalue weighted by Gasteiger charge is -2.13. The summed E-state index contributed by atoms with van der Waals surface area (Å²) in [4.78, 5) is 11.4. The van der Waals surface area contributed by atoms with Crippen LogP contribution >= 0.6 is 11.6 Å². The molecule has 0 heterocycles. The van der Waals surface area contributed by atoms with Crippen LogP contribution in [0.5, 0.6) is 0 Å². The number of halogens is 1. The van der Waals surface area contributed by atoms with Crippen molar-refractivity contribution < 1.29 is 9.53 Å². The lowest BCUT2D eigenvalue weighted by atomic mass is 10.1. The summed E-state index contributed by atoms with van der Waals surface area (Å²) in [6, 6.07) is 7.65. The lowest BCUT2D eigenvalue weighted by molar-refractivity contribution is -0.145. The van der Waals surface area contributed by atoms with Crippen LogP contribution in [-0.2, 0) is 16.1 Å². The fraction of sp³-hybridized carbons (Fsp3) is 0.462. The number of carbonyl (C=O) groups is 1. The number of nitrogens with one attached hydrogen (secondary N) is 1. The van der Waals surface area contributed by atoms with Crippen molar-refractivity contribution in [3.05, 3.63) is 34.9 Å². The molecule has 3 nitrogen and oxygen atoms in total. The highest BCUT2D eigenvalue weighted by Gasteiger charge is 2.15. The second-order valence-electron chi connectivity index (χ2n) is 3.89. The van der Waals surface area contributed by atoms with Crippen molar-refractivity contribution in [1.82, 2.24) is 5.32 Å². The molecule has 0 radical (unpaired) electrons. The van der Waals surface area contributed by atoms with Gasteiger partial charge in [-0.2, -0.15) is 0 Å². The molecule has 94 valence electrons. The van der Waals surface area contributed by atoms with E-state index in [2.05, 4.69) is 5.32 Å². The van der Waals surface area contributed by atoms with Crippen LogP contribution in [0.4, 0.5) is 0 Å². The number of methoxy groups -OCH3 is 1.